The molecular weight excluding hydrogens is 330 g/mol. The van der Waals surface area contributed by atoms with Gasteiger partial charge in [0.2, 0.25) is 0 Å². The zero-order valence-corrected chi connectivity index (χ0v) is 14.3. The van der Waals surface area contributed by atoms with E-state index in [0.717, 1.165) is 36.4 Å². The largest absolute Gasteiger partial charge is 0.327 e. The molecule has 2 bridgehead atoms. The topological polar surface area (TPSA) is 79.3 Å². The average molecular weight is 349 g/mol. The number of piperazine rings is 1. The van der Waals surface area contributed by atoms with E-state index in [0.29, 0.717) is 25.3 Å². The van der Waals surface area contributed by atoms with Crippen LogP contribution in [0.15, 0.2) is 36.7 Å². The molecule has 2 aromatic heterocycles. The lowest BCUT2D eigenvalue weighted by molar-refractivity contribution is -0.186. The predicted molar refractivity (Wildman–Crippen MR) is 92.5 cm³/mol. The lowest BCUT2D eigenvalue weighted by atomic mass is 9.49. The van der Waals surface area contributed by atoms with Gasteiger partial charge in [-0.2, -0.15) is 10.2 Å². The van der Waals surface area contributed by atoms with Crippen molar-refractivity contribution >= 4 is 11.8 Å². The maximum Gasteiger partial charge on any atom is 0.312 e. The van der Waals surface area contributed by atoms with Gasteiger partial charge in [-0.1, -0.05) is 0 Å². The van der Waals surface area contributed by atoms with Crippen molar-refractivity contribution in [1.29, 1.82) is 0 Å². The van der Waals surface area contributed by atoms with Gasteiger partial charge in [-0.05, 0) is 49.4 Å². The third kappa shape index (κ3) is 2.30. The zero-order valence-electron chi connectivity index (χ0n) is 14.3. The first kappa shape index (κ1) is 15.4. The molecule has 26 heavy (non-hydrogen) atoms. The van der Waals surface area contributed by atoms with E-state index in [-0.39, 0.29) is 11.4 Å². The highest BCUT2D eigenvalue weighted by Gasteiger charge is 2.62. The van der Waals surface area contributed by atoms with Crippen molar-refractivity contribution in [2.45, 2.75) is 31.3 Å². The molecule has 6 rings (SSSR count). The van der Waals surface area contributed by atoms with Crippen LogP contribution in [0.4, 0.5) is 0 Å². The van der Waals surface area contributed by atoms with Gasteiger partial charge in [0.15, 0.2) is 0 Å². The fourth-order valence-corrected chi connectivity index (χ4v) is 4.35. The highest BCUT2D eigenvalue weighted by Crippen LogP contribution is 2.60. The van der Waals surface area contributed by atoms with Crippen molar-refractivity contribution in [3.8, 4) is 11.3 Å². The Morgan fingerprint density at radius 3 is 2.50 bits per heavy atom. The third-order valence-electron chi connectivity index (χ3n) is 5.92. The standard InChI is InChI=1S/C19H19N5O2/c25-17-18(26)24(19-8-13(9-19)10-19)7-6-23(17)12-15-3-4-16(22-21-15)14-2-1-5-20-11-14/h1-5,11,13H,6-10,12H2. The van der Waals surface area contributed by atoms with Crippen molar-refractivity contribution in [1.82, 2.24) is 25.0 Å². The Kier molecular flexibility index (Phi) is 3.32. The molecule has 0 atom stereocenters. The van der Waals surface area contributed by atoms with Crippen LogP contribution in [0.2, 0.25) is 0 Å². The van der Waals surface area contributed by atoms with Crippen LogP contribution in [0.5, 0.6) is 0 Å². The number of carbonyl (C=O) groups is 2. The molecule has 2 aromatic rings. The quantitative estimate of drug-likeness (QED) is 0.777. The van der Waals surface area contributed by atoms with Crippen LogP contribution in [0.25, 0.3) is 11.3 Å². The lowest BCUT2D eigenvalue weighted by Crippen LogP contribution is -2.73. The summed E-state index contributed by atoms with van der Waals surface area (Å²) in [4.78, 5) is 32.5. The summed E-state index contributed by atoms with van der Waals surface area (Å²) in [5, 5.41) is 8.43. The van der Waals surface area contributed by atoms with Gasteiger partial charge in [-0.3, -0.25) is 14.6 Å². The van der Waals surface area contributed by atoms with Crippen LogP contribution in [0.1, 0.15) is 25.0 Å². The normalized spacial score (nSPS) is 27.2. The maximum atomic E-state index is 12.5. The predicted octanol–water partition coefficient (Wildman–Crippen LogP) is 1.26. The first-order valence-corrected chi connectivity index (χ1v) is 8.99. The second-order valence-electron chi connectivity index (χ2n) is 7.54. The number of amides is 2. The van der Waals surface area contributed by atoms with Crippen LogP contribution < -0.4 is 0 Å². The summed E-state index contributed by atoms with van der Waals surface area (Å²) in [6.45, 7) is 1.50. The summed E-state index contributed by atoms with van der Waals surface area (Å²) >= 11 is 0. The molecule has 4 aliphatic rings. The Labute approximate surface area is 151 Å². The monoisotopic (exact) mass is 349 g/mol. The zero-order chi connectivity index (χ0) is 17.7. The number of nitrogens with zero attached hydrogens (tertiary/aromatic N) is 5. The van der Waals surface area contributed by atoms with Gasteiger partial charge in [0, 0.05) is 36.6 Å². The SMILES string of the molecule is O=C1C(=O)N(C23CC(C2)C3)CCN1Cc1ccc(-c2cccnc2)nn1. The number of pyridine rings is 1. The molecule has 1 saturated heterocycles. The van der Waals surface area contributed by atoms with Gasteiger partial charge in [0.25, 0.3) is 0 Å². The highest BCUT2D eigenvalue weighted by molar-refractivity contribution is 6.35. The molecule has 7 heteroatoms. The Hall–Kier alpha value is -2.83. The molecule has 0 N–H and O–H groups in total. The first-order chi connectivity index (χ1) is 12.6. The minimum atomic E-state index is -0.417. The number of aromatic nitrogens is 3. The Morgan fingerprint density at radius 1 is 1.04 bits per heavy atom. The molecule has 132 valence electrons. The van der Waals surface area contributed by atoms with Crippen LogP contribution in [0, 0.1) is 5.92 Å². The van der Waals surface area contributed by atoms with Crippen LogP contribution in [0.3, 0.4) is 0 Å². The van der Waals surface area contributed by atoms with Crippen molar-refractivity contribution in [3.05, 3.63) is 42.4 Å². The first-order valence-electron chi connectivity index (χ1n) is 8.99. The van der Waals surface area contributed by atoms with E-state index in [1.54, 1.807) is 17.3 Å². The van der Waals surface area contributed by atoms with Crippen LogP contribution in [-0.4, -0.2) is 55.4 Å². The van der Waals surface area contributed by atoms with Gasteiger partial charge in [-0.25, -0.2) is 0 Å². The maximum absolute atomic E-state index is 12.5. The fraction of sp³-hybridized carbons (Fsp3) is 0.421. The van der Waals surface area contributed by atoms with Crippen LogP contribution >= 0.6 is 0 Å². The van der Waals surface area contributed by atoms with Crippen molar-refractivity contribution in [2.75, 3.05) is 13.1 Å². The number of carbonyl (C=O) groups excluding carboxylic acids is 2. The van der Waals surface area contributed by atoms with Crippen LogP contribution in [-0.2, 0) is 16.1 Å². The van der Waals surface area contributed by atoms with E-state index in [4.69, 9.17) is 0 Å². The Bertz CT molecular complexity index is 850. The molecular formula is C19H19N5O2. The van der Waals surface area contributed by atoms with Gasteiger partial charge in [0.1, 0.15) is 0 Å². The minimum absolute atomic E-state index is 0.00860. The van der Waals surface area contributed by atoms with Gasteiger partial charge >= 0.3 is 11.8 Å². The van der Waals surface area contributed by atoms with Crippen molar-refractivity contribution < 1.29 is 9.59 Å². The molecule has 2 amide bonds. The van der Waals surface area contributed by atoms with E-state index < -0.39 is 5.91 Å². The number of hydrogen-bond acceptors (Lipinski definition) is 5. The molecule has 3 heterocycles. The highest BCUT2D eigenvalue weighted by atomic mass is 16.2. The summed E-state index contributed by atoms with van der Waals surface area (Å²) in [6, 6.07) is 7.48. The molecule has 0 aromatic carbocycles. The lowest BCUT2D eigenvalue weighted by Gasteiger charge is -2.66. The van der Waals surface area contributed by atoms with E-state index in [2.05, 4.69) is 15.2 Å². The molecule has 0 spiro atoms. The van der Waals surface area contributed by atoms with Crippen molar-refractivity contribution in [3.63, 3.8) is 0 Å². The molecule has 0 radical (unpaired) electrons. The molecule has 3 saturated carbocycles. The summed E-state index contributed by atoms with van der Waals surface area (Å²) in [5.41, 5.74) is 2.31. The smallest absolute Gasteiger partial charge is 0.312 e. The van der Waals surface area contributed by atoms with E-state index in [1.165, 1.54) is 0 Å². The van der Waals surface area contributed by atoms with Gasteiger partial charge < -0.3 is 9.80 Å². The number of rotatable bonds is 4. The molecule has 7 nitrogen and oxygen atoms in total. The third-order valence-corrected chi connectivity index (χ3v) is 5.92. The summed E-state index contributed by atoms with van der Waals surface area (Å²) < 4.78 is 0. The summed E-state index contributed by atoms with van der Waals surface area (Å²) in [5.74, 6) is 0.0120. The molecule has 4 fully saturated rings. The van der Waals surface area contributed by atoms with E-state index >= 15 is 0 Å². The van der Waals surface area contributed by atoms with E-state index in [9.17, 15) is 9.59 Å². The summed E-state index contributed by atoms with van der Waals surface area (Å²) in [6.07, 6.45) is 6.67. The number of hydrogen-bond donors (Lipinski definition) is 0. The fourth-order valence-electron chi connectivity index (χ4n) is 4.35. The van der Waals surface area contributed by atoms with Gasteiger partial charge in [0.05, 0.1) is 17.9 Å². The molecule has 1 aliphatic heterocycles. The van der Waals surface area contributed by atoms with Gasteiger partial charge in [-0.15, -0.1) is 0 Å². The second-order valence-corrected chi connectivity index (χ2v) is 7.54. The Morgan fingerprint density at radius 2 is 1.88 bits per heavy atom. The second kappa shape index (κ2) is 5.59. The summed E-state index contributed by atoms with van der Waals surface area (Å²) in [7, 11) is 0. The minimum Gasteiger partial charge on any atom is -0.327 e. The van der Waals surface area contributed by atoms with E-state index in [1.807, 2.05) is 29.2 Å². The average Bonchev–Trinajstić information content (AvgIpc) is 2.60. The van der Waals surface area contributed by atoms with Crippen molar-refractivity contribution in [2.24, 2.45) is 5.92 Å². The Balaban J connectivity index is 1.26. The molecule has 3 aliphatic carbocycles. The molecule has 0 unspecified atom stereocenters.